The van der Waals surface area contributed by atoms with Gasteiger partial charge in [-0.15, -0.1) is 0 Å². The van der Waals surface area contributed by atoms with Crippen molar-refractivity contribution in [3.63, 3.8) is 0 Å². The third kappa shape index (κ3) is 5.91. The predicted molar refractivity (Wildman–Crippen MR) is 139 cm³/mol. The monoisotopic (exact) mass is 489 g/mol. The van der Waals surface area contributed by atoms with Gasteiger partial charge >= 0.3 is 0 Å². The van der Waals surface area contributed by atoms with Crippen LogP contribution in [0, 0.1) is 0 Å². The van der Waals surface area contributed by atoms with Crippen LogP contribution < -0.4 is 18.9 Å². The normalized spacial score (nSPS) is 17.1. The van der Waals surface area contributed by atoms with Crippen LogP contribution in [-0.4, -0.2) is 61.3 Å². The van der Waals surface area contributed by atoms with E-state index >= 15 is 0 Å². The van der Waals surface area contributed by atoms with Gasteiger partial charge in [0, 0.05) is 56.6 Å². The molecule has 7 nitrogen and oxygen atoms in total. The molecule has 2 aromatic carbocycles. The molecule has 5 rings (SSSR count). The first-order valence-corrected chi connectivity index (χ1v) is 12.7. The third-order valence-electron chi connectivity index (χ3n) is 6.94. The van der Waals surface area contributed by atoms with Crippen LogP contribution in [0.25, 0.3) is 0 Å². The summed E-state index contributed by atoms with van der Waals surface area (Å²) >= 11 is 0. The molecule has 3 heterocycles. The summed E-state index contributed by atoms with van der Waals surface area (Å²) < 4.78 is 23.3. The summed E-state index contributed by atoms with van der Waals surface area (Å²) in [5.74, 6) is 3.41. The number of hydrogen-bond acceptors (Lipinski definition) is 7. The zero-order chi connectivity index (χ0) is 24.7. The van der Waals surface area contributed by atoms with Crippen LogP contribution in [0.4, 0.5) is 0 Å². The number of methoxy groups -OCH3 is 2. The van der Waals surface area contributed by atoms with Gasteiger partial charge < -0.3 is 18.9 Å². The highest BCUT2D eigenvalue weighted by Crippen LogP contribution is 2.33. The van der Waals surface area contributed by atoms with Crippen LogP contribution in [0.1, 0.15) is 29.5 Å². The van der Waals surface area contributed by atoms with E-state index in [1.165, 1.54) is 11.1 Å². The molecule has 0 spiro atoms. The van der Waals surface area contributed by atoms with Gasteiger partial charge in [-0.1, -0.05) is 18.2 Å². The van der Waals surface area contributed by atoms with Crippen LogP contribution in [0.3, 0.4) is 0 Å². The van der Waals surface area contributed by atoms with Crippen LogP contribution in [0.2, 0.25) is 0 Å². The van der Waals surface area contributed by atoms with Gasteiger partial charge in [0.15, 0.2) is 11.5 Å². The molecular formula is C29H35N3O4. The van der Waals surface area contributed by atoms with E-state index in [2.05, 4.69) is 39.0 Å². The van der Waals surface area contributed by atoms with Crippen molar-refractivity contribution in [3.05, 3.63) is 77.6 Å². The Hall–Kier alpha value is -3.29. The molecule has 2 aliphatic rings. The first kappa shape index (κ1) is 24.4. The molecule has 1 fully saturated rings. The molecule has 190 valence electrons. The minimum absolute atomic E-state index is 0.257. The lowest BCUT2D eigenvalue weighted by molar-refractivity contribution is 0.0965. The predicted octanol–water partition coefficient (Wildman–Crippen LogP) is 4.54. The third-order valence-corrected chi connectivity index (χ3v) is 6.94. The SMILES string of the molecule is COc1cccc(CN2CCOc3ccc(CN4CCC(Oc5cccnc5)CC4)cc3C2)c1OC. The van der Waals surface area contributed by atoms with Crippen LogP contribution in [-0.2, 0) is 19.6 Å². The number of benzene rings is 2. The van der Waals surface area contributed by atoms with Gasteiger partial charge in [-0.25, -0.2) is 0 Å². The first-order chi connectivity index (χ1) is 17.7. The Labute approximate surface area is 213 Å². The lowest BCUT2D eigenvalue weighted by atomic mass is 10.0. The van der Waals surface area contributed by atoms with Crippen molar-refractivity contribution in [1.29, 1.82) is 0 Å². The zero-order valence-corrected chi connectivity index (χ0v) is 21.2. The van der Waals surface area contributed by atoms with Crippen molar-refractivity contribution in [2.24, 2.45) is 0 Å². The number of pyridine rings is 1. The second-order valence-corrected chi connectivity index (χ2v) is 9.44. The maximum absolute atomic E-state index is 6.11. The Balaban J connectivity index is 1.20. The highest BCUT2D eigenvalue weighted by Gasteiger charge is 2.22. The van der Waals surface area contributed by atoms with Crippen LogP contribution in [0.15, 0.2) is 60.9 Å². The maximum atomic E-state index is 6.11. The smallest absolute Gasteiger partial charge is 0.165 e. The number of likely N-dealkylation sites (tertiary alicyclic amines) is 1. The molecule has 0 unspecified atom stereocenters. The average Bonchev–Trinajstić information content (AvgIpc) is 3.11. The zero-order valence-electron chi connectivity index (χ0n) is 21.2. The minimum Gasteiger partial charge on any atom is -0.493 e. The van der Waals surface area contributed by atoms with Gasteiger partial charge in [0.2, 0.25) is 0 Å². The molecule has 36 heavy (non-hydrogen) atoms. The standard InChI is InChI=1S/C29H35N3O4/c1-33-28-7-3-5-23(29(28)34-2)20-32-15-16-35-27-9-8-22(17-24(27)21-32)19-31-13-10-25(11-14-31)36-26-6-4-12-30-18-26/h3-9,12,17-18,25H,10-11,13-16,19-21H2,1-2H3. The number of piperidine rings is 1. The second kappa shape index (κ2) is 11.6. The Bertz CT molecular complexity index is 1130. The number of ether oxygens (including phenoxy) is 4. The van der Waals surface area contributed by atoms with Gasteiger partial charge in [-0.3, -0.25) is 14.8 Å². The van der Waals surface area contributed by atoms with E-state index in [-0.39, 0.29) is 6.10 Å². The fourth-order valence-corrected chi connectivity index (χ4v) is 5.11. The number of fused-ring (bicyclic) bond motifs is 1. The largest absolute Gasteiger partial charge is 0.493 e. The molecule has 0 aliphatic carbocycles. The summed E-state index contributed by atoms with van der Waals surface area (Å²) in [5.41, 5.74) is 3.68. The van der Waals surface area contributed by atoms with E-state index in [9.17, 15) is 0 Å². The molecule has 0 radical (unpaired) electrons. The average molecular weight is 490 g/mol. The van der Waals surface area contributed by atoms with Gasteiger partial charge in [-0.2, -0.15) is 0 Å². The van der Waals surface area contributed by atoms with Crippen LogP contribution >= 0.6 is 0 Å². The quantitative estimate of drug-likeness (QED) is 0.461. The van der Waals surface area contributed by atoms with E-state index in [0.717, 1.165) is 80.7 Å². The second-order valence-electron chi connectivity index (χ2n) is 9.44. The number of hydrogen-bond donors (Lipinski definition) is 0. The fraction of sp³-hybridized carbons (Fsp3) is 0.414. The molecule has 7 heteroatoms. The van der Waals surface area contributed by atoms with Gasteiger partial charge in [-0.05, 0) is 48.7 Å². The lowest BCUT2D eigenvalue weighted by Gasteiger charge is -2.32. The topological polar surface area (TPSA) is 56.3 Å². The molecule has 1 saturated heterocycles. The van der Waals surface area contributed by atoms with Crippen molar-refractivity contribution in [2.45, 2.75) is 38.6 Å². The summed E-state index contributed by atoms with van der Waals surface area (Å²) in [5, 5.41) is 0. The Kier molecular flexibility index (Phi) is 7.88. The maximum Gasteiger partial charge on any atom is 0.165 e. The Morgan fingerprint density at radius 3 is 2.61 bits per heavy atom. The summed E-state index contributed by atoms with van der Waals surface area (Å²) in [4.78, 5) is 9.07. The van der Waals surface area contributed by atoms with E-state index in [0.29, 0.717) is 6.61 Å². The van der Waals surface area contributed by atoms with Crippen molar-refractivity contribution in [3.8, 4) is 23.0 Å². The number of rotatable bonds is 8. The number of aromatic nitrogens is 1. The first-order valence-electron chi connectivity index (χ1n) is 12.7. The minimum atomic E-state index is 0.257. The van der Waals surface area contributed by atoms with E-state index in [1.807, 2.05) is 24.3 Å². The van der Waals surface area contributed by atoms with Gasteiger partial charge in [0.1, 0.15) is 24.2 Å². The number of nitrogens with zero attached hydrogens (tertiary/aromatic N) is 3. The lowest BCUT2D eigenvalue weighted by Crippen LogP contribution is -2.37. The Morgan fingerprint density at radius 1 is 0.944 bits per heavy atom. The molecule has 0 saturated carbocycles. The summed E-state index contributed by atoms with van der Waals surface area (Å²) in [7, 11) is 3.37. The summed E-state index contributed by atoms with van der Waals surface area (Å²) in [6.45, 7) is 6.14. The van der Waals surface area contributed by atoms with Gasteiger partial charge in [0.05, 0.1) is 20.4 Å². The van der Waals surface area contributed by atoms with E-state index < -0.39 is 0 Å². The highest BCUT2D eigenvalue weighted by atomic mass is 16.5. The van der Waals surface area contributed by atoms with Crippen LogP contribution in [0.5, 0.6) is 23.0 Å². The molecule has 0 bridgehead atoms. The van der Waals surface area contributed by atoms with Crippen molar-refractivity contribution in [1.82, 2.24) is 14.8 Å². The molecule has 0 amide bonds. The molecule has 2 aliphatic heterocycles. The molecule has 0 N–H and O–H groups in total. The van der Waals surface area contributed by atoms with Crippen molar-refractivity contribution in [2.75, 3.05) is 40.5 Å². The van der Waals surface area contributed by atoms with Crippen molar-refractivity contribution >= 4 is 0 Å². The molecule has 0 atom stereocenters. The molecular weight excluding hydrogens is 454 g/mol. The molecule has 1 aromatic heterocycles. The fourth-order valence-electron chi connectivity index (χ4n) is 5.11. The van der Waals surface area contributed by atoms with E-state index in [1.54, 1.807) is 26.6 Å². The molecule has 3 aromatic rings. The van der Waals surface area contributed by atoms with Gasteiger partial charge in [0.25, 0.3) is 0 Å². The summed E-state index contributed by atoms with van der Waals surface area (Å²) in [6, 6.07) is 16.6. The Morgan fingerprint density at radius 2 is 1.83 bits per heavy atom. The van der Waals surface area contributed by atoms with Crippen molar-refractivity contribution < 1.29 is 18.9 Å². The highest BCUT2D eigenvalue weighted by molar-refractivity contribution is 5.46. The number of para-hydroxylation sites is 1. The summed E-state index contributed by atoms with van der Waals surface area (Å²) in [6.07, 6.45) is 5.87. The van der Waals surface area contributed by atoms with E-state index in [4.69, 9.17) is 18.9 Å².